The Hall–Kier alpha value is -2.82. The van der Waals surface area contributed by atoms with E-state index in [0.717, 1.165) is 24.2 Å². The van der Waals surface area contributed by atoms with Gasteiger partial charge in [0.2, 0.25) is 6.79 Å². The first-order valence-electron chi connectivity index (χ1n) is 12.4. The number of amides is 2. The number of nitrogens with one attached hydrogen (secondary N) is 1. The van der Waals surface area contributed by atoms with Crippen molar-refractivity contribution in [2.24, 2.45) is 10.6 Å². The van der Waals surface area contributed by atoms with Gasteiger partial charge in [0.1, 0.15) is 29.9 Å². The maximum absolute atomic E-state index is 13.3. The topological polar surface area (TPSA) is 172 Å². The lowest BCUT2D eigenvalue weighted by atomic mass is 9.98. The molecule has 1 aromatic heterocycles. The summed E-state index contributed by atoms with van der Waals surface area (Å²) >= 11 is 3.97. The number of rotatable bonds is 10. The normalized spacial score (nSPS) is 22.9. The number of carbonyl (C=O) groups is 4. The number of oxime groups is 1. The molecule has 40 heavy (non-hydrogen) atoms. The summed E-state index contributed by atoms with van der Waals surface area (Å²) in [7, 11) is 1.29. The molecule has 2 unspecified atom stereocenters. The third kappa shape index (κ3) is 6.72. The van der Waals surface area contributed by atoms with E-state index >= 15 is 0 Å². The minimum atomic E-state index is -0.929. The lowest BCUT2D eigenvalue weighted by Crippen LogP contribution is -2.71. The lowest BCUT2D eigenvalue weighted by Gasteiger charge is -2.49. The molecular formula is C24H31N5O8S3. The van der Waals surface area contributed by atoms with Crippen molar-refractivity contribution in [3.8, 4) is 0 Å². The molecule has 13 nitrogen and oxygen atoms in total. The molecule has 3 aliphatic rings. The number of hydrogen-bond donors (Lipinski definition) is 2. The second kappa shape index (κ2) is 12.8. The van der Waals surface area contributed by atoms with Gasteiger partial charge in [0.05, 0.1) is 11.5 Å². The molecule has 4 heterocycles. The van der Waals surface area contributed by atoms with Crippen molar-refractivity contribution in [1.29, 1.82) is 0 Å². The minimum absolute atomic E-state index is 0.0580. The molecule has 0 saturated carbocycles. The van der Waals surface area contributed by atoms with Crippen LogP contribution in [0.1, 0.15) is 39.3 Å². The number of anilines is 1. The van der Waals surface area contributed by atoms with Crippen molar-refractivity contribution in [1.82, 2.24) is 15.2 Å². The largest absolute Gasteiger partial charge is 0.427 e. The third-order valence-corrected chi connectivity index (χ3v) is 9.40. The Morgan fingerprint density at radius 1 is 1.32 bits per heavy atom. The molecule has 218 valence electrons. The molecule has 0 radical (unpaired) electrons. The van der Waals surface area contributed by atoms with Crippen molar-refractivity contribution in [2.75, 3.05) is 37.7 Å². The van der Waals surface area contributed by atoms with Gasteiger partial charge in [0.25, 0.3) is 11.8 Å². The molecule has 3 atom stereocenters. The second-order valence-electron chi connectivity index (χ2n) is 10.0. The van der Waals surface area contributed by atoms with Gasteiger partial charge < -0.3 is 30.1 Å². The van der Waals surface area contributed by atoms with Gasteiger partial charge in [-0.3, -0.25) is 19.3 Å². The summed E-state index contributed by atoms with van der Waals surface area (Å²) < 4.78 is 16.1. The van der Waals surface area contributed by atoms with E-state index < -0.39 is 47.4 Å². The number of carbonyl (C=O) groups excluding carboxylic acids is 4. The van der Waals surface area contributed by atoms with Gasteiger partial charge in [-0.1, -0.05) is 5.16 Å². The zero-order valence-corrected chi connectivity index (χ0v) is 24.9. The Kier molecular flexibility index (Phi) is 9.64. The quantitative estimate of drug-likeness (QED) is 0.129. The molecular weight excluding hydrogens is 582 g/mol. The van der Waals surface area contributed by atoms with Crippen molar-refractivity contribution in [3.05, 3.63) is 21.7 Å². The average molecular weight is 614 g/mol. The van der Waals surface area contributed by atoms with Gasteiger partial charge in [-0.2, -0.15) is 0 Å². The molecule has 2 fully saturated rings. The Morgan fingerprint density at radius 3 is 2.73 bits per heavy atom. The first-order chi connectivity index (χ1) is 19.0. The maximum atomic E-state index is 13.3. The van der Waals surface area contributed by atoms with Crippen molar-refractivity contribution in [2.45, 2.75) is 51.1 Å². The van der Waals surface area contributed by atoms with Crippen LogP contribution in [-0.2, 0) is 38.2 Å². The van der Waals surface area contributed by atoms with Crippen LogP contribution < -0.4 is 11.1 Å². The Labute approximate surface area is 243 Å². The number of nitrogen functional groups attached to an aromatic ring is 1. The highest BCUT2D eigenvalue weighted by molar-refractivity contribution is 8.06. The molecule has 4 rings (SSSR count). The molecule has 16 heteroatoms. The number of hydrogen-bond acceptors (Lipinski definition) is 14. The van der Waals surface area contributed by atoms with E-state index in [1.807, 2.05) is 0 Å². The summed E-state index contributed by atoms with van der Waals surface area (Å²) in [5.41, 5.74) is 5.07. The van der Waals surface area contributed by atoms with Gasteiger partial charge in [-0.25, -0.2) is 9.78 Å². The molecule has 2 amide bonds. The standard InChI is InChI=1S/C24H31N5O8S3/c1-24(2,3)22(33)37-11-36-21(32)17-14(38-8-12-6-5-7-35-12)10-39-20-16(19(31)29(17)20)27-18(30)15(28-34-4)13-9-40-23(25)26-13/h9,12,16,20H,5-8,10-11H2,1-4H3,(H2,25,26)(H,27,30)/b28-15-/t12?,16?,20-/m0/s1. The van der Waals surface area contributed by atoms with Crippen LogP contribution in [0.4, 0.5) is 5.13 Å². The highest BCUT2D eigenvalue weighted by Crippen LogP contribution is 2.44. The third-order valence-electron chi connectivity index (χ3n) is 6.04. The molecule has 0 spiro atoms. The van der Waals surface area contributed by atoms with E-state index in [1.165, 1.54) is 35.5 Å². The number of ether oxygens (including phenoxy) is 3. The van der Waals surface area contributed by atoms with Crippen LogP contribution in [0, 0.1) is 5.41 Å². The van der Waals surface area contributed by atoms with Gasteiger partial charge in [0.15, 0.2) is 10.8 Å². The maximum Gasteiger partial charge on any atom is 0.358 e. The Morgan fingerprint density at radius 2 is 2.10 bits per heavy atom. The van der Waals surface area contributed by atoms with Crippen LogP contribution in [-0.4, -0.2) is 88.9 Å². The number of thiazole rings is 1. The predicted molar refractivity (Wildman–Crippen MR) is 150 cm³/mol. The number of β-lactam (4-membered cyclic amide) rings is 1. The summed E-state index contributed by atoms with van der Waals surface area (Å²) in [6.45, 7) is 5.16. The molecule has 0 bridgehead atoms. The molecule has 0 aromatic carbocycles. The Balaban J connectivity index is 1.49. The van der Waals surface area contributed by atoms with Crippen LogP contribution in [0.3, 0.4) is 0 Å². The number of aromatic nitrogens is 1. The molecule has 2 saturated heterocycles. The first-order valence-corrected chi connectivity index (χ1v) is 15.3. The molecule has 3 aliphatic heterocycles. The fraction of sp³-hybridized carbons (Fsp3) is 0.583. The fourth-order valence-electron chi connectivity index (χ4n) is 3.98. The number of nitrogens with zero attached hydrogens (tertiary/aromatic N) is 3. The van der Waals surface area contributed by atoms with E-state index in [-0.39, 0.29) is 28.3 Å². The van der Waals surface area contributed by atoms with Crippen LogP contribution in [0.15, 0.2) is 21.1 Å². The van der Waals surface area contributed by atoms with Crippen LogP contribution >= 0.6 is 34.9 Å². The number of nitrogens with two attached hydrogens (primary N) is 1. The van der Waals surface area contributed by atoms with Crippen LogP contribution in [0.25, 0.3) is 0 Å². The van der Waals surface area contributed by atoms with E-state index in [0.29, 0.717) is 23.0 Å². The van der Waals surface area contributed by atoms with Gasteiger partial charge in [-0.05, 0) is 33.6 Å². The van der Waals surface area contributed by atoms with Crippen molar-refractivity contribution < 1.29 is 38.2 Å². The van der Waals surface area contributed by atoms with Crippen molar-refractivity contribution >= 4 is 69.5 Å². The molecule has 0 aliphatic carbocycles. The second-order valence-corrected chi connectivity index (χ2v) is 13.1. The minimum Gasteiger partial charge on any atom is -0.427 e. The predicted octanol–water partition coefficient (Wildman–Crippen LogP) is 1.69. The summed E-state index contributed by atoms with van der Waals surface area (Å²) in [5.74, 6) is -1.46. The smallest absolute Gasteiger partial charge is 0.358 e. The van der Waals surface area contributed by atoms with E-state index in [1.54, 1.807) is 26.2 Å². The van der Waals surface area contributed by atoms with Gasteiger partial charge in [-0.15, -0.1) is 34.9 Å². The van der Waals surface area contributed by atoms with Crippen molar-refractivity contribution in [3.63, 3.8) is 0 Å². The first kappa shape index (κ1) is 30.1. The van der Waals surface area contributed by atoms with Crippen LogP contribution in [0.5, 0.6) is 0 Å². The summed E-state index contributed by atoms with van der Waals surface area (Å²) in [6.07, 6.45) is 1.96. The Bertz CT molecular complexity index is 1220. The zero-order valence-electron chi connectivity index (χ0n) is 22.5. The van der Waals surface area contributed by atoms with Gasteiger partial charge in [0, 0.05) is 28.4 Å². The monoisotopic (exact) mass is 613 g/mol. The van der Waals surface area contributed by atoms with E-state index in [4.69, 9.17) is 24.8 Å². The number of esters is 2. The summed E-state index contributed by atoms with van der Waals surface area (Å²) in [5, 5.41) is 7.66. The van der Waals surface area contributed by atoms with E-state index in [2.05, 4.69) is 15.5 Å². The zero-order chi connectivity index (χ0) is 29.0. The average Bonchev–Trinajstić information content (AvgIpc) is 3.59. The SMILES string of the molecule is CO/N=C(\C(=O)NC1C(=O)N2C(C(=O)OCOC(=O)C(C)(C)C)=C(SCC3CCCO3)CS[C@@H]12)c1csc(N)n1. The van der Waals surface area contributed by atoms with E-state index in [9.17, 15) is 19.2 Å². The lowest BCUT2D eigenvalue weighted by molar-refractivity contribution is -0.173. The molecule has 3 N–H and O–H groups in total. The number of thioether (sulfide) groups is 2. The van der Waals surface area contributed by atoms with Gasteiger partial charge >= 0.3 is 11.9 Å². The highest BCUT2D eigenvalue weighted by atomic mass is 32.2. The summed E-state index contributed by atoms with van der Waals surface area (Å²) in [4.78, 5) is 62.5. The fourth-order valence-corrected chi connectivity index (χ4v) is 7.23. The van der Waals surface area contributed by atoms with Crippen LogP contribution in [0.2, 0.25) is 0 Å². The highest BCUT2D eigenvalue weighted by Gasteiger charge is 2.55. The summed E-state index contributed by atoms with van der Waals surface area (Å²) in [6, 6.07) is -0.929. The molecule has 1 aromatic rings. The number of fused-ring (bicyclic) bond motifs is 1.